The minimum absolute atomic E-state index is 0.0803. The van der Waals surface area contributed by atoms with Gasteiger partial charge in [0.1, 0.15) is 0 Å². The summed E-state index contributed by atoms with van der Waals surface area (Å²) in [5.74, 6) is -9.30. The van der Waals surface area contributed by atoms with Crippen LogP contribution in [0.15, 0.2) is 58.8 Å². The molecule has 0 aliphatic heterocycles. The van der Waals surface area contributed by atoms with Crippen LogP contribution in [-0.2, 0) is 19.2 Å². The van der Waals surface area contributed by atoms with Gasteiger partial charge in [-0.15, -0.1) is 0 Å². The van der Waals surface area contributed by atoms with Gasteiger partial charge in [-0.1, -0.05) is 24.3 Å². The van der Waals surface area contributed by atoms with Gasteiger partial charge in [0.15, 0.2) is 11.8 Å². The number of carboxylic acids is 4. The summed E-state index contributed by atoms with van der Waals surface area (Å²) in [7, 11) is 0. The molecule has 10 heteroatoms. The largest absolute Gasteiger partial charge is 0.480 e. The summed E-state index contributed by atoms with van der Waals surface area (Å²) in [6, 6.07) is 10.9. The van der Waals surface area contributed by atoms with E-state index in [1.54, 1.807) is 0 Å². The molecule has 2 rings (SSSR count). The molecule has 0 saturated carbocycles. The molecule has 0 atom stereocenters. The molecule has 0 radical (unpaired) electrons. The second kappa shape index (κ2) is 8.54. The Morgan fingerprint density at radius 2 is 0.786 bits per heavy atom. The van der Waals surface area contributed by atoms with Crippen LogP contribution < -0.4 is 0 Å². The quantitative estimate of drug-likeness (QED) is 0.395. The van der Waals surface area contributed by atoms with Crippen LogP contribution in [0.25, 0.3) is 0 Å². The van der Waals surface area contributed by atoms with E-state index in [0.29, 0.717) is 11.4 Å². The van der Waals surface area contributed by atoms with Gasteiger partial charge < -0.3 is 20.4 Å². The van der Waals surface area contributed by atoms with Crippen molar-refractivity contribution in [3.8, 4) is 0 Å². The first-order valence-corrected chi connectivity index (χ1v) is 7.73. The fraction of sp³-hybridized carbons (Fsp3) is 0.111. The highest BCUT2D eigenvalue weighted by molar-refractivity contribution is 5.99. The van der Waals surface area contributed by atoms with Crippen LogP contribution >= 0.6 is 0 Å². The van der Waals surface area contributed by atoms with Crippen molar-refractivity contribution >= 4 is 35.3 Å². The first-order chi connectivity index (χ1) is 13.2. The first-order valence-electron chi connectivity index (χ1n) is 7.73. The average Bonchev–Trinajstić information content (AvgIpc) is 2.61. The van der Waals surface area contributed by atoms with Crippen LogP contribution in [0.3, 0.4) is 0 Å². The van der Waals surface area contributed by atoms with Crippen LogP contribution in [-0.4, -0.2) is 44.3 Å². The van der Waals surface area contributed by atoms with Crippen molar-refractivity contribution in [1.82, 2.24) is 0 Å². The zero-order valence-electron chi connectivity index (χ0n) is 14.1. The van der Waals surface area contributed by atoms with Gasteiger partial charge in [0, 0.05) is 0 Å². The fourth-order valence-corrected chi connectivity index (χ4v) is 2.36. The number of carbonyl (C=O) groups is 4. The third-order valence-electron chi connectivity index (χ3n) is 3.72. The zero-order valence-corrected chi connectivity index (χ0v) is 14.1. The third-order valence-corrected chi connectivity index (χ3v) is 3.72. The van der Waals surface area contributed by atoms with Crippen LogP contribution in [0.4, 0.5) is 11.4 Å². The molecule has 0 fully saturated rings. The molecular weight excluding hydrogens is 372 g/mol. The summed E-state index contributed by atoms with van der Waals surface area (Å²) < 4.78 is 0. The van der Waals surface area contributed by atoms with Gasteiger partial charge in [0.25, 0.3) is 0 Å². The Kier molecular flexibility index (Phi) is 6.17. The van der Waals surface area contributed by atoms with E-state index in [-0.39, 0.29) is 11.1 Å². The Labute approximate surface area is 157 Å². The van der Waals surface area contributed by atoms with Crippen LogP contribution in [0.5, 0.6) is 0 Å². The predicted octanol–water partition coefficient (Wildman–Crippen LogP) is 2.61. The maximum Gasteiger partial charge on any atom is 0.322 e. The molecule has 0 spiro atoms. The lowest BCUT2D eigenvalue weighted by molar-refractivity contribution is -0.152. The minimum atomic E-state index is -1.69. The standard InChI is InChI=1S/C18H14N2O8/c21-15(22)13(16(23)24)9-1-5-11(6-2-9)19-20-12-7-3-10(4-8-12)14(17(25)26)18(27)28/h1-8,13-14H,(H,21,22)(H,23,24)(H,25,26)(H,27,28). The van der Waals surface area contributed by atoms with Crippen LogP contribution in [0.2, 0.25) is 0 Å². The first kappa shape index (κ1) is 20.2. The van der Waals surface area contributed by atoms with E-state index in [1.165, 1.54) is 48.5 Å². The van der Waals surface area contributed by atoms with E-state index in [0.717, 1.165) is 0 Å². The number of azo groups is 1. The van der Waals surface area contributed by atoms with Gasteiger partial charge in [0.2, 0.25) is 0 Å². The Bertz CT molecular complexity index is 830. The molecule has 0 aliphatic rings. The van der Waals surface area contributed by atoms with Gasteiger partial charge in [-0.3, -0.25) is 19.2 Å². The number of carboxylic acid groups (broad SMARTS) is 4. The molecule has 144 valence electrons. The van der Waals surface area contributed by atoms with E-state index in [9.17, 15) is 19.2 Å². The topological polar surface area (TPSA) is 174 Å². The lowest BCUT2D eigenvalue weighted by Crippen LogP contribution is -2.20. The molecule has 4 N–H and O–H groups in total. The van der Waals surface area contributed by atoms with E-state index < -0.39 is 35.7 Å². The molecule has 0 unspecified atom stereocenters. The van der Waals surface area contributed by atoms with Gasteiger partial charge in [0.05, 0.1) is 11.4 Å². The second-order valence-electron chi connectivity index (χ2n) is 5.60. The number of aliphatic carboxylic acids is 4. The molecule has 0 heterocycles. The smallest absolute Gasteiger partial charge is 0.322 e. The van der Waals surface area contributed by atoms with Gasteiger partial charge in [-0.05, 0) is 35.4 Å². The maximum atomic E-state index is 11.0. The number of hydrogen-bond donors (Lipinski definition) is 4. The van der Waals surface area contributed by atoms with Gasteiger partial charge >= 0.3 is 23.9 Å². The Balaban J connectivity index is 2.16. The van der Waals surface area contributed by atoms with Crippen LogP contribution in [0.1, 0.15) is 23.0 Å². The van der Waals surface area contributed by atoms with E-state index in [2.05, 4.69) is 10.2 Å². The van der Waals surface area contributed by atoms with Crippen molar-refractivity contribution in [2.75, 3.05) is 0 Å². The summed E-state index contributed by atoms with van der Waals surface area (Å²) in [4.78, 5) is 44.0. The monoisotopic (exact) mass is 386 g/mol. The van der Waals surface area contributed by atoms with E-state index in [1.807, 2.05) is 0 Å². The molecule has 0 bridgehead atoms. The predicted molar refractivity (Wildman–Crippen MR) is 93.1 cm³/mol. The Morgan fingerprint density at radius 1 is 0.536 bits per heavy atom. The number of nitrogens with zero attached hydrogens (tertiary/aromatic N) is 2. The van der Waals surface area contributed by atoms with Crippen molar-refractivity contribution in [3.05, 3.63) is 59.7 Å². The molecule has 2 aromatic carbocycles. The third kappa shape index (κ3) is 4.75. The molecule has 0 saturated heterocycles. The van der Waals surface area contributed by atoms with Gasteiger partial charge in [-0.2, -0.15) is 10.2 Å². The number of benzene rings is 2. The van der Waals surface area contributed by atoms with Crippen molar-refractivity contribution < 1.29 is 39.6 Å². The number of rotatable bonds is 8. The van der Waals surface area contributed by atoms with Crippen LogP contribution in [0, 0.1) is 0 Å². The van der Waals surface area contributed by atoms with Crippen molar-refractivity contribution in [1.29, 1.82) is 0 Å². The molecule has 2 aromatic rings. The molecular formula is C18H14N2O8. The zero-order chi connectivity index (χ0) is 20.8. The second-order valence-corrected chi connectivity index (χ2v) is 5.60. The van der Waals surface area contributed by atoms with Crippen molar-refractivity contribution in [2.45, 2.75) is 11.8 Å². The normalized spacial score (nSPS) is 11.1. The average molecular weight is 386 g/mol. The SMILES string of the molecule is O=C(O)C(C(=O)O)c1ccc(N=Nc2ccc(C(C(=O)O)C(=O)O)cc2)cc1. The summed E-state index contributed by atoms with van der Waals surface area (Å²) in [5.41, 5.74) is 0.820. The maximum absolute atomic E-state index is 11.0. The highest BCUT2D eigenvalue weighted by Crippen LogP contribution is 2.24. The highest BCUT2D eigenvalue weighted by atomic mass is 16.4. The molecule has 28 heavy (non-hydrogen) atoms. The molecule has 0 amide bonds. The minimum Gasteiger partial charge on any atom is -0.480 e. The Hall–Kier alpha value is -4.08. The lowest BCUT2D eigenvalue weighted by Gasteiger charge is -2.07. The van der Waals surface area contributed by atoms with Crippen molar-refractivity contribution in [3.63, 3.8) is 0 Å². The van der Waals surface area contributed by atoms with E-state index >= 15 is 0 Å². The van der Waals surface area contributed by atoms with Gasteiger partial charge in [-0.25, -0.2) is 0 Å². The summed E-state index contributed by atoms with van der Waals surface area (Å²) in [6.45, 7) is 0. The van der Waals surface area contributed by atoms with Crippen molar-refractivity contribution in [2.24, 2.45) is 10.2 Å². The lowest BCUT2D eigenvalue weighted by atomic mass is 9.99. The summed E-state index contributed by atoms with van der Waals surface area (Å²) in [5, 5.41) is 43.6. The Morgan fingerprint density at radius 3 is 1.00 bits per heavy atom. The molecule has 0 aliphatic carbocycles. The molecule has 10 nitrogen and oxygen atoms in total. The fourth-order valence-electron chi connectivity index (χ4n) is 2.36. The number of hydrogen-bond acceptors (Lipinski definition) is 6. The molecule has 0 aromatic heterocycles. The summed E-state index contributed by atoms with van der Waals surface area (Å²) >= 11 is 0. The highest BCUT2D eigenvalue weighted by Gasteiger charge is 2.28. The summed E-state index contributed by atoms with van der Waals surface area (Å²) in [6.07, 6.45) is 0. The van der Waals surface area contributed by atoms with E-state index in [4.69, 9.17) is 20.4 Å².